The zero-order chi connectivity index (χ0) is 9.30. The van der Waals surface area contributed by atoms with Crippen LogP contribution in [0.3, 0.4) is 0 Å². The van der Waals surface area contributed by atoms with Crippen molar-refractivity contribution in [1.82, 2.24) is 4.98 Å². The molecule has 12 heavy (non-hydrogen) atoms. The molecule has 0 amide bonds. The molecule has 0 radical (unpaired) electrons. The maximum Gasteiger partial charge on any atom is 0.265 e. The van der Waals surface area contributed by atoms with Crippen molar-refractivity contribution in [2.75, 3.05) is 0 Å². The number of halogens is 4. The Bertz CT molecular complexity index is 304. The summed E-state index contributed by atoms with van der Waals surface area (Å²) in [6, 6.07) is 1.36. The van der Waals surface area contributed by atoms with Gasteiger partial charge in [0.15, 0.2) is 0 Å². The number of hydrogen-bond donors (Lipinski definition) is 0. The van der Waals surface area contributed by atoms with E-state index in [4.69, 9.17) is 11.6 Å². The van der Waals surface area contributed by atoms with Gasteiger partial charge >= 0.3 is 0 Å². The van der Waals surface area contributed by atoms with Crippen LogP contribution < -0.4 is 0 Å². The minimum absolute atomic E-state index is 0.0520. The van der Waals surface area contributed by atoms with E-state index in [9.17, 15) is 8.78 Å². The van der Waals surface area contributed by atoms with Crippen LogP contribution in [0.4, 0.5) is 8.78 Å². The summed E-state index contributed by atoms with van der Waals surface area (Å²) in [5, 5.41) is 0.275. The molecule has 66 valence electrons. The standard InChI is InChI=1S/C7H5ClF2IN/c1-3-4(7(9)10)2-5(11)6(8)12-3/h2,7H,1H3. The van der Waals surface area contributed by atoms with Crippen molar-refractivity contribution in [2.45, 2.75) is 13.3 Å². The summed E-state index contributed by atoms with van der Waals surface area (Å²) in [5.41, 5.74) is 0.235. The summed E-state index contributed by atoms with van der Waals surface area (Å²) in [6.45, 7) is 1.52. The van der Waals surface area contributed by atoms with E-state index in [1.165, 1.54) is 13.0 Å². The van der Waals surface area contributed by atoms with Crippen molar-refractivity contribution < 1.29 is 8.78 Å². The molecular formula is C7H5ClF2IN. The fraction of sp³-hybridized carbons (Fsp3) is 0.286. The Kier molecular flexibility index (Phi) is 3.22. The summed E-state index contributed by atoms with van der Waals surface area (Å²) >= 11 is 7.50. The predicted molar refractivity (Wildman–Crippen MR) is 51.7 cm³/mol. The maximum atomic E-state index is 12.3. The van der Waals surface area contributed by atoms with Crippen molar-refractivity contribution in [2.24, 2.45) is 0 Å². The number of pyridine rings is 1. The van der Waals surface area contributed by atoms with Gasteiger partial charge in [-0.1, -0.05) is 11.6 Å². The molecule has 0 aliphatic heterocycles. The van der Waals surface area contributed by atoms with Crippen LogP contribution in [-0.2, 0) is 0 Å². The van der Waals surface area contributed by atoms with Crippen LogP contribution in [0.15, 0.2) is 6.07 Å². The molecular weight excluding hydrogens is 298 g/mol. The molecule has 0 N–H and O–H groups in total. The SMILES string of the molecule is Cc1nc(Cl)c(I)cc1C(F)F. The number of rotatable bonds is 1. The Morgan fingerprint density at radius 2 is 2.17 bits per heavy atom. The lowest BCUT2D eigenvalue weighted by Crippen LogP contribution is -1.95. The van der Waals surface area contributed by atoms with Crippen LogP contribution in [0.5, 0.6) is 0 Å². The fourth-order valence-electron chi connectivity index (χ4n) is 0.787. The van der Waals surface area contributed by atoms with Gasteiger partial charge in [0.25, 0.3) is 6.43 Å². The smallest absolute Gasteiger partial charge is 0.240 e. The summed E-state index contributed by atoms with van der Waals surface area (Å²) in [5.74, 6) is 0. The zero-order valence-corrected chi connectivity index (χ0v) is 9.03. The second kappa shape index (κ2) is 3.83. The molecule has 0 bridgehead atoms. The molecule has 5 heteroatoms. The Morgan fingerprint density at radius 3 is 2.67 bits per heavy atom. The number of nitrogens with zero attached hydrogens (tertiary/aromatic N) is 1. The highest BCUT2D eigenvalue weighted by Crippen LogP contribution is 2.26. The molecule has 0 aliphatic rings. The molecule has 0 spiro atoms. The first-order chi connectivity index (χ1) is 5.52. The monoisotopic (exact) mass is 303 g/mol. The Morgan fingerprint density at radius 1 is 1.58 bits per heavy atom. The zero-order valence-electron chi connectivity index (χ0n) is 6.11. The minimum atomic E-state index is -2.48. The van der Waals surface area contributed by atoms with E-state index in [2.05, 4.69) is 4.98 Å². The second-order valence-electron chi connectivity index (χ2n) is 2.24. The molecule has 1 aromatic rings. The fourth-order valence-corrected chi connectivity index (χ4v) is 1.42. The lowest BCUT2D eigenvalue weighted by Gasteiger charge is -2.04. The number of hydrogen-bond acceptors (Lipinski definition) is 1. The van der Waals surface area contributed by atoms with E-state index in [0.717, 1.165) is 0 Å². The Labute approximate surface area is 87.3 Å². The van der Waals surface area contributed by atoms with E-state index < -0.39 is 6.43 Å². The highest BCUT2D eigenvalue weighted by Gasteiger charge is 2.13. The van der Waals surface area contributed by atoms with Gasteiger partial charge in [-0.3, -0.25) is 0 Å². The predicted octanol–water partition coefficient (Wildman–Crippen LogP) is 3.59. The lowest BCUT2D eigenvalue weighted by molar-refractivity contribution is 0.150. The van der Waals surface area contributed by atoms with Crippen LogP contribution in [0, 0.1) is 10.5 Å². The summed E-state index contributed by atoms with van der Waals surface area (Å²) in [7, 11) is 0. The average molecular weight is 303 g/mol. The van der Waals surface area contributed by atoms with Crippen molar-refractivity contribution in [3.05, 3.63) is 26.0 Å². The Hall–Kier alpha value is 0.0300. The molecule has 1 aromatic heterocycles. The van der Waals surface area contributed by atoms with Crippen molar-refractivity contribution >= 4 is 34.2 Å². The normalized spacial score (nSPS) is 10.8. The first kappa shape index (κ1) is 10.1. The first-order valence-electron chi connectivity index (χ1n) is 3.13. The van der Waals surface area contributed by atoms with Gasteiger partial charge in [0.1, 0.15) is 5.15 Å². The molecule has 0 aliphatic carbocycles. The van der Waals surface area contributed by atoms with E-state index in [0.29, 0.717) is 3.57 Å². The summed E-state index contributed by atoms with van der Waals surface area (Å²) < 4.78 is 25.1. The summed E-state index contributed by atoms with van der Waals surface area (Å²) in [6.07, 6.45) is -2.48. The highest BCUT2D eigenvalue weighted by molar-refractivity contribution is 14.1. The molecule has 1 heterocycles. The quantitative estimate of drug-likeness (QED) is 0.571. The van der Waals surface area contributed by atoms with Crippen LogP contribution >= 0.6 is 34.2 Å². The molecule has 1 nitrogen and oxygen atoms in total. The molecule has 0 fully saturated rings. The average Bonchev–Trinajstić information content (AvgIpc) is 1.96. The van der Waals surface area contributed by atoms with Crippen LogP contribution in [0.25, 0.3) is 0 Å². The van der Waals surface area contributed by atoms with Crippen molar-refractivity contribution in [3.63, 3.8) is 0 Å². The lowest BCUT2D eigenvalue weighted by atomic mass is 10.2. The number of aromatic nitrogens is 1. The van der Waals surface area contributed by atoms with Gasteiger partial charge in [-0.05, 0) is 35.6 Å². The molecule has 1 rings (SSSR count). The van der Waals surface area contributed by atoms with Gasteiger partial charge in [-0.25, -0.2) is 13.8 Å². The van der Waals surface area contributed by atoms with Crippen LogP contribution in [0.2, 0.25) is 5.15 Å². The van der Waals surface area contributed by atoms with Gasteiger partial charge in [-0.2, -0.15) is 0 Å². The molecule has 0 aromatic carbocycles. The highest BCUT2D eigenvalue weighted by atomic mass is 127. The van der Waals surface area contributed by atoms with E-state index in [1.54, 1.807) is 0 Å². The maximum absolute atomic E-state index is 12.3. The third kappa shape index (κ3) is 2.04. The van der Waals surface area contributed by atoms with Gasteiger partial charge in [0.05, 0.1) is 3.57 Å². The molecule has 0 unspecified atom stereocenters. The molecule has 0 saturated carbocycles. The molecule has 0 atom stereocenters. The third-order valence-electron chi connectivity index (χ3n) is 1.40. The first-order valence-corrected chi connectivity index (χ1v) is 4.58. The second-order valence-corrected chi connectivity index (χ2v) is 3.76. The number of alkyl halides is 2. The topological polar surface area (TPSA) is 12.9 Å². The van der Waals surface area contributed by atoms with E-state index in [1.807, 2.05) is 22.6 Å². The largest absolute Gasteiger partial charge is 0.265 e. The van der Waals surface area contributed by atoms with Crippen LogP contribution in [0.1, 0.15) is 17.7 Å². The third-order valence-corrected chi connectivity index (χ3v) is 2.83. The number of aryl methyl sites for hydroxylation is 1. The van der Waals surface area contributed by atoms with Crippen molar-refractivity contribution in [1.29, 1.82) is 0 Å². The van der Waals surface area contributed by atoms with E-state index >= 15 is 0 Å². The van der Waals surface area contributed by atoms with Gasteiger partial charge in [0, 0.05) is 11.3 Å². The van der Waals surface area contributed by atoms with Gasteiger partial charge in [-0.15, -0.1) is 0 Å². The van der Waals surface area contributed by atoms with Gasteiger partial charge in [0.2, 0.25) is 0 Å². The van der Waals surface area contributed by atoms with Gasteiger partial charge < -0.3 is 0 Å². The molecule has 0 saturated heterocycles. The van der Waals surface area contributed by atoms with Crippen LogP contribution in [-0.4, -0.2) is 4.98 Å². The Balaban J connectivity index is 3.23. The van der Waals surface area contributed by atoms with Crippen molar-refractivity contribution in [3.8, 4) is 0 Å². The minimum Gasteiger partial charge on any atom is -0.240 e. The summed E-state index contributed by atoms with van der Waals surface area (Å²) in [4.78, 5) is 3.77. The van der Waals surface area contributed by atoms with E-state index in [-0.39, 0.29) is 16.4 Å².